The summed E-state index contributed by atoms with van der Waals surface area (Å²) < 4.78 is 24.2. The summed E-state index contributed by atoms with van der Waals surface area (Å²) >= 11 is 0. The fourth-order valence-electron chi connectivity index (χ4n) is 5.39. The third-order valence-electron chi connectivity index (χ3n) is 6.32. The van der Waals surface area contributed by atoms with Crippen molar-refractivity contribution in [2.45, 2.75) is 44.0 Å². The summed E-state index contributed by atoms with van der Waals surface area (Å²) in [5.74, 6) is 0.883. The molecular weight excluding hydrogens is 226 g/mol. The molecule has 2 heterocycles. The number of hydrogen-bond acceptors (Lipinski definition) is 4. The van der Waals surface area contributed by atoms with Gasteiger partial charge in [0.2, 0.25) is 0 Å². The van der Waals surface area contributed by atoms with Crippen LogP contribution in [0.15, 0.2) is 0 Å². The first-order valence-electron chi connectivity index (χ1n) is 5.99. The number of hydroxylamine groups is 2. The second-order valence-electron chi connectivity index (χ2n) is 6.67. The second kappa shape index (κ2) is 2.10. The van der Waals surface area contributed by atoms with Crippen molar-refractivity contribution in [3.63, 3.8) is 0 Å². The van der Waals surface area contributed by atoms with E-state index in [1.54, 1.807) is 0 Å². The van der Waals surface area contributed by atoms with E-state index in [9.17, 15) is 13.6 Å². The van der Waals surface area contributed by atoms with E-state index in [0.29, 0.717) is 11.7 Å². The van der Waals surface area contributed by atoms with Crippen LogP contribution in [0.1, 0.15) is 33.1 Å². The Balaban J connectivity index is 2.00. The number of hydrogen-bond donors (Lipinski definition) is 1. The highest BCUT2D eigenvalue weighted by Gasteiger charge is 2.91. The molecule has 5 heteroatoms. The maximum Gasteiger partial charge on any atom is 0.171 e. The van der Waals surface area contributed by atoms with Gasteiger partial charge in [0.15, 0.2) is 15.2 Å². The van der Waals surface area contributed by atoms with E-state index in [2.05, 4.69) is 13.8 Å². The summed E-state index contributed by atoms with van der Waals surface area (Å²) in [6, 6.07) is 0. The minimum Gasteiger partial charge on any atom is -0.312 e. The summed E-state index contributed by atoms with van der Waals surface area (Å²) in [5.41, 5.74) is -0.520. The molecule has 2 aliphatic heterocycles. The Hall–Kier alpha value is -0.130. The average molecular weight is 243 g/mol. The molecule has 0 aromatic rings. The van der Waals surface area contributed by atoms with Gasteiger partial charge in [0.1, 0.15) is 0 Å². The van der Waals surface area contributed by atoms with Crippen molar-refractivity contribution in [2.24, 2.45) is 16.7 Å². The molecule has 4 nitrogen and oxygen atoms in total. The van der Waals surface area contributed by atoms with Crippen LogP contribution in [0, 0.1) is 16.7 Å². The zero-order valence-corrected chi connectivity index (χ0v) is 10.4. The molecule has 1 N–H and O–H groups in total. The van der Waals surface area contributed by atoms with Crippen molar-refractivity contribution in [2.75, 3.05) is 5.75 Å². The van der Waals surface area contributed by atoms with Crippen molar-refractivity contribution < 1.29 is 13.6 Å². The van der Waals surface area contributed by atoms with Gasteiger partial charge in [-0.3, -0.25) is 0 Å². The van der Waals surface area contributed by atoms with E-state index >= 15 is 0 Å². The fraction of sp³-hybridized carbons (Fsp3) is 1.00. The summed E-state index contributed by atoms with van der Waals surface area (Å²) in [7, 11) is -3.11. The maximum absolute atomic E-state index is 12.1. The zero-order chi connectivity index (χ0) is 11.6. The Morgan fingerprint density at radius 2 is 2.06 bits per heavy atom. The van der Waals surface area contributed by atoms with Crippen LogP contribution in [0.3, 0.4) is 0 Å². The molecule has 2 bridgehead atoms. The van der Waals surface area contributed by atoms with Crippen molar-refractivity contribution in [1.29, 1.82) is 0 Å². The Kier molecular flexibility index (Phi) is 1.30. The predicted octanol–water partition coefficient (Wildman–Crippen LogP) is 1.01. The molecule has 2 saturated heterocycles. The molecule has 5 atom stereocenters. The first-order chi connectivity index (χ1) is 7.30. The van der Waals surface area contributed by atoms with Crippen LogP contribution in [0.4, 0.5) is 0 Å². The third kappa shape index (κ3) is 0.620. The lowest BCUT2D eigenvalue weighted by Crippen LogP contribution is -2.44. The molecule has 0 amide bonds. The van der Waals surface area contributed by atoms with Crippen LogP contribution in [0.2, 0.25) is 0 Å². The van der Waals surface area contributed by atoms with Crippen molar-refractivity contribution in [3.05, 3.63) is 0 Å². The largest absolute Gasteiger partial charge is 0.312 e. The van der Waals surface area contributed by atoms with Gasteiger partial charge in [-0.1, -0.05) is 13.8 Å². The molecule has 0 aromatic heterocycles. The third-order valence-corrected chi connectivity index (χ3v) is 8.48. The van der Waals surface area contributed by atoms with E-state index in [-0.39, 0.29) is 10.8 Å². The molecule has 90 valence electrons. The Bertz CT molecular complexity index is 499. The van der Waals surface area contributed by atoms with Gasteiger partial charge in [0, 0.05) is 5.41 Å². The maximum atomic E-state index is 12.1. The highest BCUT2D eigenvalue weighted by molar-refractivity contribution is 7.92. The molecule has 2 aliphatic carbocycles. The molecular formula is C11H17NO3S. The number of sulfone groups is 1. The molecule has 2 spiro atoms. The minimum absolute atomic E-state index is 0.0618. The standard InChI is InChI=1S/C11H17NO3S/c1-9(2)7-3-4-10(9)6-16(14,15)8-11(10,5-7)12(8)13/h7-8,13H,3-6H2,1-2H3. The van der Waals surface area contributed by atoms with E-state index in [0.717, 1.165) is 24.3 Å². The van der Waals surface area contributed by atoms with Crippen LogP contribution in [-0.2, 0) is 9.84 Å². The summed E-state index contributed by atoms with van der Waals surface area (Å²) in [6.45, 7) is 4.40. The first kappa shape index (κ1) is 9.85. The monoisotopic (exact) mass is 243 g/mol. The topological polar surface area (TPSA) is 57.4 Å². The van der Waals surface area contributed by atoms with Gasteiger partial charge >= 0.3 is 0 Å². The fourth-order valence-corrected chi connectivity index (χ4v) is 8.46. The predicted molar refractivity (Wildman–Crippen MR) is 57.5 cm³/mol. The van der Waals surface area contributed by atoms with Gasteiger partial charge in [0.25, 0.3) is 0 Å². The molecule has 2 saturated carbocycles. The van der Waals surface area contributed by atoms with Gasteiger partial charge in [-0.15, -0.1) is 0 Å². The van der Waals surface area contributed by atoms with Crippen LogP contribution < -0.4 is 0 Å². The van der Waals surface area contributed by atoms with Gasteiger partial charge in [-0.2, -0.15) is 5.06 Å². The minimum atomic E-state index is -3.11. The summed E-state index contributed by atoms with van der Waals surface area (Å²) in [6.07, 6.45) is 2.97. The highest BCUT2D eigenvalue weighted by Crippen LogP contribution is 2.81. The SMILES string of the molecule is CC1(C)C2CCC13CS(=O)(=O)C1N(O)C13C2. The molecule has 0 radical (unpaired) electrons. The van der Waals surface area contributed by atoms with E-state index < -0.39 is 20.8 Å². The summed E-state index contributed by atoms with van der Waals surface area (Å²) in [5, 5.41) is 10.5. The van der Waals surface area contributed by atoms with Crippen LogP contribution in [-0.4, -0.2) is 35.4 Å². The Labute approximate surface area is 95.5 Å². The smallest absolute Gasteiger partial charge is 0.171 e. The van der Waals surface area contributed by atoms with E-state index in [1.807, 2.05) is 0 Å². The Morgan fingerprint density at radius 1 is 1.38 bits per heavy atom. The van der Waals surface area contributed by atoms with Gasteiger partial charge in [-0.25, -0.2) is 8.42 Å². The van der Waals surface area contributed by atoms with Gasteiger partial charge in [-0.05, 0) is 30.6 Å². The van der Waals surface area contributed by atoms with E-state index in [4.69, 9.17) is 0 Å². The summed E-state index contributed by atoms with van der Waals surface area (Å²) in [4.78, 5) is 0. The van der Waals surface area contributed by atoms with Crippen LogP contribution in [0.5, 0.6) is 0 Å². The first-order valence-corrected chi connectivity index (χ1v) is 7.71. The van der Waals surface area contributed by atoms with Gasteiger partial charge < -0.3 is 5.21 Å². The lowest BCUT2D eigenvalue weighted by molar-refractivity contribution is -0.0522. The normalized spacial score (nSPS) is 63.1. The van der Waals surface area contributed by atoms with Crippen LogP contribution >= 0.6 is 0 Å². The molecule has 4 rings (SSSR count). The van der Waals surface area contributed by atoms with Crippen molar-refractivity contribution in [3.8, 4) is 0 Å². The van der Waals surface area contributed by atoms with Crippen molar-refractivity contribution in [1.82, 2.24) is 5.06 Å². The molecule has 5 unspecified atom stereocenters. The van der Waals surface area contributed by atoms with Crippen LogP contribution in [0.25, 0.3) is 0 Å². The number of nitrogens with zero attached hydrogens (tertiary/aromatic N) is 1. The Morgan fingerprint density at radius 3 is 2.56 bits per heavy atom. The van der Waals surface area contributed by atoms with Crippen molar-refractivity contribution >= 4 is 9.84 Å². The quantitative estimate of drug-likeness (QED) is 0.645. The molecule has 16 heavy (non-hydrogen) atoms. The second-order valence-corrected chi connectivity index (χ2v) is 8.73. The zero-order valence-electron chi connectivity index (χ0n) is 9.60. The number of rotatable bonds is 0. The van der Waals surface area contributed by atoms with Gasteiger partial charge in [0.05, 0.1) is 11.3 Å². The van der Waals surface area contributed by atoms with E-state index in [1.165, 1.54) is 0 Å². The number of fused-ring (bicyclic) bond motifs is 1. The lowest BCUT2D eigenvalue weighted by Gasteiger charge is -2.39. The average Bonchev–Trinajstić information content (AvgIpc) is 2.47. The lowest BCUT2D eigenvalue weighted by atomic mass is 9.66. The molecule has 4 fully saturated rings. The molecule has 0 aromatic carbocycles. The molecule has 4 aliphatic rings. The highest BCUT2D eigenvalue weighted by atomic mass is 32.2.